The second kappa shape index (κ2) is 5.91. The van der Waals surface area contributed by atoms with Crippen molar-refractivity contribution >= 4 is 12.0 Å². The molecule has 1 unspecified atom stereocenters. The van der Waals surface area contributed by atoms with Crippen LogP contribution >= 0.6 is 0 Å². The van der Waals surface area contributed by atoms with Crippen LogP contribution in [0.3, 0.4) is 0 Å². The Morgan fingerprint density at radius 1 is 1.47 bits per heavy atom. The third-order valence-corrected chi connectivity index (χ3v) is 3.77. The van der Waals surface area contributed by atoms with Gasteiger partial charge in [0.1, 0.15) is 5.75 Å². The SMILES string of the molecule is COc1cccc(/C=C/C(=O)N(C)C(C)C2CC2)c1. The zero-order valence-corrected chi connectivity index (χ0v) is 11.8. The Balaban J connectivity index is 1.98. The number of carbonyl (C=O) groups is 1. The van der Waals surface area contributed by atoms with Crippen molar-refractivity contribution in [2.24, 2.45) is 5.92 Å². The number of carbonyl (C=O) groups excluding carboxylic acids is 1. The molecular weight excluding hydrogens is 238 g/mol. The number of rotatable bonds is 5. The molecule has 1 aliphatic rings. The smallest absolute Gasteiger partial charge is 0.246 e. The molecule has 1 amide bonds. The van der Waals surface area contributed by atoms with E-state index in [2.05, 4.69) is 6.92 Å². The van der Waals surface area contributed by atoms with Crippen LogP contribution < -0.4 is 4.74 Å². The van der Waals surface area contributed by atoms with Crippen molar-refractivity contribution < 1.29 is 9.53 Å². The standard InChI is InChI=1S/C16H21NO2/c1-12(14-8-9-14)17(2)16(18)10-7-13-5-4-6-15(11-13)19-3/h4-7,10-12,14H,8-9H2,1-3H3/b10-7+. The highest BCUT2D eigenvalue weighted by atomic mass is 16.5. The molecule has 1 aromatic rings. The van der Waals surface area contributed by atoms with Crippen molar-refractivity contribution in [2.45, 2.75) is 25.8 Å². The van der Waals surface area contributed by atoms with Gasteiger partial charge in [-0.15, -0.1) is 0 Å². The van der Waals surface area contributed by atoms with Crippen LogP contribution in [0.15, 0.2) is 30.3 Å². The van der Waals surface area contributed by atoms with Crippen LogP contribution in [0.25, 0.3) is 6.08 Å². The lowest BCUT2D eigenvalue weighted by atomic mass is 10.1. The van der Waals surface area contributed by atoms with E-state index in [0.717, 1.165) is 11.3 Å². The van der Waals surface area contributed by atoms with E-state index in [1.807, 2.05) is 42.3 Å². The lowest BCUT2D eigenvalue weighted by Crippen LogP contribution is -2.35. The van der Waals surface area contributed by atoms with Gasteiger partial charge in [0.05, 0.1) is 7.11 Å². The Morgan fingerprint density at radius 2 is 2.21 bits per heavy atom. The Labute approximate surface area is 114 Å². The lowest BCUT2D eigenvalue weighted by molar-refractivity contribution is -0.126. The van der Waals surface area contributed by atoms with E-state index in [0.29, 0.717) is 12.0 Å². The first kappa shape index (κ1) is 13.7. The van der Waals surface area contributed by atoms with Gasteiger partial charge in [0, 0.05) is 19.2 Å². The number of nitrogens with zero attached hydrogens (tertiary/aromatic N) is 1. The first-order chi connectivity index (χ1) is 9.11. The molecule has 102 valence electrons. The molecule has 0 N–H and O–H groups in total. The molecule has 1 saturated carbocycles. The summed E-state index contributed by atoms with van der Waals surface area (Å²) in [5, 5.41) is 0. The highest BCUT2D eigenvalue weighted by Gasteiger charge is 2.31. The minimum absolute atomic E-state index is 0.0576. The number of amides is 1. The number of benzene rings is 1. The van der Waals surface area contributed by atoms with Gasteiger partial charge < -0.3 is 9.64 Å². The zero-order valence-electron chi connectivity index (χ0n) is 11.8. The van der Waals surface area contributed by atoms with Gasteiger partial charge in [0.2, 0.25) is 5.91 Å². The number of methoxy groups -OCH3 is 1. The van der Waals surface area contributed by atoms with Crippen molar-refractivity contribution in [1.29, 1.82) is 0 Å². The molecule has 1 atom stereocenters. The fourth-order valence-corrected chi connectivity index (χ4v) is 2.13. The summed E-state index contributed by atoms with van der Waals surface area (Å²) in [5.74, 6) is 1.55. The lowest BCUT2D eigenvalue weighted by Gasteiger charge is -2.23. The summed E-state index contributed by atoms with van der Waals surface area (Å²) < 4.78 is 5.16. The summed E-state index contributed by atoms with van der Waals surface area (Å²) >= 11 is 0. The summed E-state index contributed by atoms with van der Waals surface area (Å²) in [6.07, 6.45) is 5.96. The van der Waals surface area contributed by atoms with Crippen molar-refractivity contribution in [3.05, 3.63) is 35.9 Å². The Hall–Kier alpha value is -1.77. The number of hydrogen-bond donors (Lipinski definition) is 0. The first-order valence-electron chi connectivity index (χ1n) is 6.70. The summed E-state index contributed by atoms with van der Waals surface area (Å²) in [4.78, 5) is 13.9. The van der Waals surface area contributed by atoms with E-state index in [4.69, 9.17) is 4.74 Å². The minimum atomic E-state index is 0.0576. The third kappa shape index (κ3) is 3.60. The molecule has 0 saturated heterocycles. The topological polar surface area (TPSA) is 29.5 Å². The molecule has 0 aromatic heterocycles. The van der Waals surface area contributed by atoms with Gasteiger partial charge in [-0.3, -0.25) is 4.79 Å². The van der Waals surface area contributed by atoms with Crippen molar-refractivity contribution in [3.8, 4) is 5.75 Å². The maximum atomic E-state index is 12.1. The highest BCUT2D eigenvalue weighted by Crippen LogP contribution is 2.34. The molecule has 0 spiro atoms. The van der Waals surface area contributed by atoms with Crippen molar-refractivity contribution in [2.75, 3.05) is 14.2 Å². The molecule has 1 aromatic carbocycles. The van der Waals surface area contributed by atoms with E-state index in [1.165, 1.54) is 12.8 Å². The van der Waals surface area contributed by atoms with Gasteiger partial charge in [0.15, 0.2) is 0 Å². The summed E-state index contributed by atoms with van der Waals surface area (Å²) in [6.45, 7) is 2.12. The van der Waals surface area contributed by atoms with Gasteiger partial charge in [-0.05, 0) is 49.5 Å². The Morgan fingerprint density at radius 3 is 2.84 bits per heavy atom. The molecule has 0 radical (unpaired) electrons. The Bertz CT molecular complexity index is 477. The molecule has 19 heavy (non-hydrogen) atoms. The Kier molecular flexibility index (Phi) is 4.25. The molecule has 2 rings (SSSR count). The molecule has 3 nitrogen and oxygen atoms in total. The molecule has 1 fully saturated rings. The van der Waals surface area contributed by atoms with Gasteiger partial charge in [0.25, 0.3) is 0 Å². The molecule has 0 bridgehead atoms. The number of ether oxygens (including phenoxy) is 1. The van der Waals surface area contributed by atoms with E-state index in [-0.39, 0.29) is 5.91 Å². The average molecular weight is 259 g/mol. The predicted molar refractivity (Wildman–Crippen MR) is 77.0 cm³/mol. The largest absolute Gasteiger partial charge is 0.497 e. The van der Waals surface area contributed by atoms with Gasteiger partial charge in [-0.25, -0.2) is 0 Å². The van der Waals surface area contributed by atoms with Crippen LogP contribution in [0.1, 0.15) is 25.3 Å². The number of likely N-dealkylation sites (N-methyl/N-ethyl adjacent to an activating group) is 1. The highest BCUT2D eigenvalue weighted by molar-refractivity contribution is 5.91. The van der Waals surface area contributed by atoms with E-state index < -0.39 is 0 Å². The molecular formula is C16H21NO2. The molecule has 1 aliphatic carbocycles. The monoisotopic (exact) mass is 259 g/mol. The summed E-state index contributed by atoms with van der Waals surface area (Å²) in [5.41, 5.74) is 0.972. The quantitative estimate of drug-likeness (QED) is 0.761. The van der Waals surface area contributed by atoms with Crippen molar-refractivity contribution in [1.82, 2.24) is 4.90 Å². The third-order valence-electron chi connectivity index (χ3n) is 3.77. The second-order valence-corrected chi connectivity index (χ2v) is 5.14. The van der Waals surface area contributed by atoms with E-state index in [9.17, 15) is 4.79 Å². The van der Waals surface area contributed by atoms with Crippen LogP contribution in [0, 0.1) is 5.92 Å². The fraction of sp³-hybridized carbons (Fsp3) is 0.438. The van der Waals surface area contributed by atoms with Crippen LogP contribution in [0.5, 0.6) is 5.75 Å². The average Bonchev–Trinajstić information content (AvgIpc) is 3.28. The van der Waals surface area contributed by atoms with E-state index >= 15 is 0 Å². The zero-order chi connectivity index (χ0) is 13.8. The minimum Gasteiger partial charge on any atom is -0.497 e. The van der Waals surface area contributed by atoms with Crippen LogP contribution in [-0.4, -0.2) is 31.0 Å². The summed E-state index contributed by atoms with van der Waals surface area (Å²) in [6, 6.07) is 8.01. The molecule has 0 aliphatic heterocycles. The predicted octanol–water partition coefficient (Wildman–Crippen LogP) is 2.97. The summed E-state index contributed by atoms with van der Waals surface area (Å²) in [7, 11) is 3.51. The maximum absolute atomic E-state index is 12.1. The van der Waals surface area contributed by atoms with Gasteiger partial charge >= 0.3 is 0 Å². The molecule has 0 heterocycles. The van der Waals surface area contributed by atoms with Gasteiger partial charge in [-0.1, -0.05) is 12.1 Å². The van der Waals surface area contributed by atoms with E-state index in [1.54, 1.807) is 13.2 Å². The van der Waals surface area contributed by atoms with Crippen LogP contribution in [-0.2, 0) is 4.79 Å². The van der Waals surface area contributed by atoms with Crippen LogP contribution in [0.2, 0.25) is 0 Å². The van der Waals surface area contributed by atoms with Crippen LogP contribution in [0.4, 0.5) is 0 Å². The number of hydrogen-bond acceptors (Lipinski definition) is 2. The second-order valence-electron chi connectivity index (χ2n) is 5.14. The first-order valence-corrected chi connectivity index (χ1v) is 6.70. The molecule has 3 heteroatoms. The van der Waals surface area contributed by atoms with Crippen molar-refractivity contribution in [3.63, 3.8) is 0 Å². The normalized spacial score (nSPS) is 16.4. The fourth-order valence-electron chi connectivity index (χ4n) is 2.13. The maximum Gasteiger partial charge on any atom is 0.246 e. The van der Waals surface area contributed by atoms with Gasteiger partial charge in [-0.2, -0.15) is 0 Å².